The summed E-state index contributed by atoms with van der Waals surface area (Å²) in [6, 6.07) is 4.43. The van der Waals surface area contributed by atoms with E-state index in [-0.39, 0.29) is 17.9 Å². The number of carboxylic acid groups (broad SMARTS) is 1. The van der Waals surface area contributed by atoms with Gasteiger partial charge in [0.2, 0.25) is 0 Å². The fourth-order valence-corrected chi connectivity index (χ4v) is 1.31. The van der Waals surface area contributed by atoms with Gasteiger partial charge in [-0.2, -0.15) is 0 Å². The summed E-state index contributed by atoms with van der Waals surface area (Å²) in [6.07, 6.45) is 0.674. The molecule has 0 saturated heterocycles. The Kier molecular flexibility index (Phi) is 4.60. The Labute approximate surface area is 93.4 Å². The standard InChI is InChI=1S/C11H15NO4/c13-9-2-1-8(10(14)7-9)3-5-12-6-4-11(15)16/h1-2,7,12-14H,3-6H2,(H,15,16). The highest BCUT2D eigenvalue weighted by Crippen LogP contribution is 2.22. The fraction of sp³-hybridized carbons (Fsp3) is 0.364. The highest BCUT2D eigenvalue weighted by atomic mass is 16.4. The number of rotatable bonds is 6. The number of hydrogen-bond donors (Lipinski definition) is 4. The number of hydrogen-bond acceptors (Lipinski definition) is 4. The first-order chi connectivity index (χ1) is 7.59. The van der Waals surface area contributed by atoms with E-state index >= 15 is 0 Å². The van der Waals surface area contributed by atoms with Crippen molar-refractivity contribution in [2.24, 2.45) is 0 Å². The second-order valence-corrected chi connectivity index (χ2v) is 3.46. The normalized spacial score (nSPS) is 10.2. The van der Waals surface area contributed by atoms with Gasteiger partial charge in [-0.15, -0.1) is 0 Å². The van der Waals surface area contributed by atoms with E-state index in [9.17, 15) is 9.90 Å². The Morgan fingerprint density at radius 1 is 1.25 bits per heavy atom. The van der Waals surface area contributed by atoms with E-state index in [0.717, 1.165) is 5.56 Å². The number of carboxylic acids is 1. The molecule has 88 valence electrons. The van der Waals surface area contributed by atoms with Gasteiger partial charge in [-0.25, -0.2) is 0 Å². The molecule has 0 unspecified atom stereocenters. The molecule has 0 spiro atoms. The Morgan fingerprint density at radius 3 is 2.62 bits per heavy atom. The summed E-state index contributed by atoms with van der Waals surface area (Å²) < 4.78 is 0. The molecule has 0 aliphatic carbocycles. The third-order valence-corrected chi connectivity index (χ3v) is 2.16. The molecule has 0 bridgehead atoms. The predicted molar refractivity (Wildman–Crippen MR) is 58.6 cm³/mol. The smallest absolute Gasteiger partial charge is 0.304 e. The minimum absolute atomic E-state index is 0.0279. The maximum absolute atomic E-state index is 10.2. The van der Waals surface area contributed by atoms with Gasteiger partial charge in [-0.3, -0.25) is 4.79 Å². The van der Waals surface area contributed by atoms with Crippen LogP contribution in [0.4, 0.5) is 0 Å². The number of carbonyl (C=O) groups is 1. The van der Waals surface area contributed by atoms with Crippen LogP contribution in [0.3, 0.4) is 0 Å². The van der Waals surface area contributed by atoms with E-state index in [1.165, 1.54) is 12.1 Å². The second-order valence-electron chi connectivity index (χ2n) is 3.46. The van der Waals surface area contributed by atoms with Gasteiger partial charge < -0.3 is 20.6 Å². The average molecular weight is 225 g/mol. The van der Waals surface area contributed by atoms with E-state index in [4.69, 9.17) is 10.2 Å². The molecule has 0 aliphatic rings. The zero-order valence-electron chi connectivity index (χ0n) is 8.81. The van der Waals surface area contributed by atoms with Crippen molar-refractivity contribution in [3.8, 4) is 11.5 Å². The van der Waals surface area contributed by atoms with Crippen LogP contribution in [0.2, 0.25) is 0 Å². The van der Waals surface area contributed by atoms with Crippen LogP contribution in [0.25, 0.3) is 0 Å². The van der Waals surface area contributed by atoms with Crippen molar-refractivity contribution in [3.05, 3.63) is 23.8 Å². The fourth-order valence-electron chi connectivity index (χ4n) is 1.31. The van der Waals surface area contributed by atoms with Gasteiger partial charge in [-0.1, -0.05) is 6.07 Å². The molecule has 1 rings (SSSR count). The van der Waals surface area contributed by atoms with Crippen molar-refractivity contribution in [3.63, 3.8) is 0 Å². The Bertz CT molecular complexity index is 365. The van der Waals surface area contributed by atoms with Crippen molar-refractivity contribution in [2.75, 3.05) is 13.1 Å². The summed E-state index contributed by atoms with van der Waals surface area (Å²) in [5.74, 6) is -0.750. The SMILES string of the molecule is O=C(O)CCNCCc1ccc(O)cc1O. The summed E-state index contributed by atoms with van der Waals surface area (Å²) in [5.41, 5.74) is 0.723. The van der Waals surface area contributed by atoms with E-state index in [1.54, 1.807) is 6.07 Å². The summed E-state index contributed by atoms with van der Waals surface area (Å²) in [7, 11) is 0. The molecule has 0 aliphatic heterocycles. The van der Waals surface area contributed by atoms with Crippen LogP contribution in [0.15, 0.2) is 18.2 Å². The summed E-state index contributed by atoms with van der Waals surface area (Å²) in [4.78, 5) is 10.2. The van der Waals surface area contributed by atoms with E-state index in [0.29, 0.717) is 19.5 Å². The molecule has 0 saturated carbocycles. The first-order valence-corrected chi connectivity index (χ1v) is 5.03. The van der Waals surface area contributed by atoms with Gasteiger partial charge in [-0.05, 0) is 24.6 Å². The number of nitrogens with one attached hydrogen (secondary N) is 1. The van der Waals surface area contributed by atoms with Crippen LogP contribution in [-0.4, -0.2) is 34.4 Å². The Morgan fingerprint density at radius 2 is 2.00 bits per heavy atom. The third kappa shape index (κ3) is 4.18. The van der Waals surface area contributed by atoms with Crippen LogP contribution in [0.1, 0.15) is 12.0 Å². The van der Waals surface area contributed by atoms with Crippen molar-refractivity contribution >= 4 is 5.97 Å². The molecule has 16 heavy (non-hydrogen) atoms. The lowest BCUT2D eigenvalue weighted by Crippen LogP contribution is -2.20. The topological polar surface area (TPSA) is 89.8 Å². The zero-order chi connectivity index (χ0) is 12.0. The highest BCUT2D eigenvalue weighted by molar-refractivity contribution is 5.66. The number of aliphatic carboxylic acids is 1. The van der Waals surface area contributed by atoms with Crippen molar-refractivity contribution in [2.45, 2.75) is 12.8 Å². The lowest BCUT2D eigenvalue weighted by molar-refractivity contribution is -0.136. The summed E-state index contributed by atoms with van der Waals surface area (Å²) >= 11 is 0. The average Bonchev–Trinajstić information content (AvgIpc) is 2.20. The molecule has 1 aromatic rings. The predicted octanol–water partition coefficient (Wildman–Crippen LogP) is 0.705. The Balaban J connectivity index is 2.29. The highest BCUT2D eigenvalue weighted by Gasteiger charge is 2.02. The minimum Gasteiger partial charge on any atom is -0.508 e. The van der Waals surface area contributed by atoms with Gasteiger partial charge >= 0.3 is 5.97 Å². The molecule has 4 N–H and O–H groups in total. The maximum atomic E-state index is 10.2. The number of phenols is 2. The lowest BCUT2D eigenvalue weighted by Gasteiger charge is -2.05. The molecule has 0 radical (unpaired) electrons. The van der Waals surface area contributed by atoms with E-state index < -0.39 is 5.97 Å². The first kappa shape index (κ1) is 12.3. The quantitative estimate of drug-likeness (QED) is 0.535. The van der Waals surface area contributed by atoms with Crippen LogP contribution >= 0.6 is 0 Å². The summed E-state index contributed by atoms with van der Waals surface area (Å²) in [6.45, 7) is 1.000. The largest absolute Gasteiger partial charge is 0.508 e. The van der Waals surface area contributed by atoms with Crippen LogP contribution in [0, 0.1) is 0 Å². The van der Waals surface area contributed by atoms with Gasteiger partial charge in [0.05, 0.1) is 6.42 Å². The van der Waals surface area contributed by atoms with Gasteiger partial charge in [0.15, 0.2) is 0 Å². The molecule has 5 heteroatoms. The van der Waals surface area contributed by atoms with Crippen molar-refractivity contribution in [1.82, 2.24) is 5.32 Å². The number of aromatic hydroxyl groups is 2. The number of benzene rings is 1. The molecule has 0 amide bonds. The minimum atomic E-state index is -0.833. The van der Waals surface area contributed by atoms with Crippen LogP contribution < -0.4 is 5.32 Å². The van der Waals surface area contributed by atoms with E-state index in [1.807, 2.05) is 0 Å². The second kappa shape index (κ2) is 5.97. The molecular weight excluding hydrogens is 210 g/mol. The van der Waals surface area contributed by atoms with E-state index in [2.05, 4.69) is 5.32 Å². The molecule has 0 fully saturated rings. The molecular formula is C11H15NO4. The van der Waals surface area contributed by atoms with Crippen molar-refractivity contribution in [1.29, 1.82) is 0 Å². The molecule has 0 aromatic heterocycles. The number of phenolic OH excluding ortho intramolecular Hbond substituents is 2. The zero-order valence-corrected chi connectivity index (χ0v) is 8.81. The van der Waals surface area contributed by atoms with Gasteiger partial charge in [0, 0.05) is 12.6 Å². The Hall–Kier alpha value is -1.75. The van der Waals surface area contributed by atoms with Crippen LogP contribution in [0.5, 0.6) is 11.5 Å². The van der Waals surface area contributed by atoms with Crippen LogP contribution in [-0.2, 0) is 11.2 Å². The first-order valence-electron chi connectivity index (χ1n) is 5.03. The summed E-state index contributed by atoms with van der Waals surface area (Å²) in [5, 5.41) is 29.9. The monoisotopic (exact) mass is 225 g/mol. The van der Waals surface area contributed by atoms with Gasteiger partial charge in [0.1, 0.15) is 11.5 Å². The molecule has 1 aromatic carbocycles. The van der Waals surface area contributed by atoms with Gasteiger partial charge in [0.25, 0.3) is 0 Å². The lowest BCUT2D eigenvalue weighted by atomic mass is 10.1. The molecule has 5 nitrogen and oxygen atoms in total. The maximum Gasteiger partial charge on any atom is 0.304 e. The third-order valence-electron chi connectivity index (χ3n) is 2.16. The molecule has 0 heterocycles. The van der Waals surface area contributed by atoms with Crippen molar-refractivity contribution < 1.29 is 20.1 Å². The molecule has 0 atom stereocenters.